The molecule has 0 saturated carbocycles. The molecule has 3 N–H and O–H groups in total. The molecule has 0 unspecified atom stereocenters. The maximum Gasteiger partial charge on any atom is 0.0562 e. The number of hydrogen-bond donors (Lipinski definition) is 2. The third-order valence-corrected chi connectivity index (χ3v) is 3.07. The summed E-state index contributed by atoms with van der Waals surface area (Å²) in [4.78, 5) is 1.09. The number of nitrogen functional groups attached to an aromatic ring is 1. The molecule has 0 aliphatic carbocycles. The van der Waals surface area contributed by atoms with Crippen LogP contribution in [0.15, 0.2) is 23.1 Å². The van der Waals surface area contributed by atoms with Gasteiger partial charge >= 0.3 is 0 Å². The van der Waals surface area contributed by atoms with Gasteiger partial charge < -0.3 is 11.1 Å². The largest absolute Gasteiger partial charge is 0.399 e. The van der Waals surface area contributed by atoms with E-state index < -0.39 is 0 Å². The van der Waals surface area contributed by atoms with E-state index in [1.807, 2.05) is 19.2 Å². The highest BCUT2D eigenvalue weighted by atomic mass is 35.5. The quantitative estimate of drug-likeness (QED) is 0.461. The van der Waals surface area contributed by atoms with Crippen molar-refractivity contribution < 1.29 is 0 Å². The van der Waals surface area contributed by atoms with E-state index in [-0.39, 0.29) is 0 Å². The summed E-state index contributed by atoms with van der Waals surface area (Å²) in [5, 5.41) is 3.82. The Labute approximate surface area is 87.8 Å². The second kappa shape index (κ2) is 5.37. The molecule has 0 aromatic heterocycles. The zero-order chi connectivity index (χ0) is 9.68. The monoisotopic (exact) mass is 216 g/mol. The van der Waals surface area contributed by atoms with Crippen LogP contribution in [0.3, 0.4) is 0 Å². The van der Waals surface area contributed by atoms with Crippen molar-refractivity contribution in [3.05, 3.63) is 23.2 Å². The Balaban J connectivity index is 2.56. The van der Waals surface area contributed by atoms with Crippen molar-refractivity contribution in [1.82, 2.24) is 5.32 Å². The third kappa shape index (κ3) is 3.46. The van der Waals surface area contributed by atoms with Gasteiger partial charge in [-0.3, -0.25) is 0 Å². The summed E-state index contributed by atoms with van der Waals surface area (Å²) in [6.07, 6.45) is 0. The first-order chi connectivity index (χ1) is 6.24. The maximum atomic E-state index is 5.99. The minimum atomic E-state index is 0.711. The molecule has 0 aliphatic heterocycles. The van der Waals surface area contributed by atoms with Crippen molar-refractivity contribution in [2.45, 2.75) is 4.90 Å². The lowest BCUT2D eigenvalue weighted by Gasteiger charge is -2.04. The Hall–Kier alpha value is -0.380. The Bertz CT molecular complexity index is 278. The fraction of sp³-hybridized carbons (Fsp3) is 0.333. The fourth-order valence-corrected chi connectivity index (χ4v) is 2.14. The van der Waals surface area contributed by atoms with Gasteiger partial charge in [0.25, 0.3) is 0 Å². The number of nitrogens with two attached hydrogens (primary N) is 1. The van der Waals surface area contributed by atoms with E-state index in [1.54, 1.807) is 17.8 Å². The molecule has 0 atom stereocenters. The number of halogens is 1. The van der Waals surface area contributed by atoms with Crippen LogP contribution in [-0.2, 0) is 0 Å². The minimum absolute atomic E-state index is 0.711. The van der Waals surface area contributed by atoms with E-state index in [9.17, 15) is 0 Å². The van der Waals surface area contributed by atoms with Crippen LogP contribution in [0.25, 0.3) is 0 Å². The first kappa shape index (κ1) is 10.7. The maximum absolute atomic E-state index is 5.99. The SMILES string of the molecule is CNCCSc1ccc(N)cc1Cl. The molecular formula is C9H13ClN2S. The molecule has 13 heavy (non-hydrogen) atoms. The molecular weight excluding hydrogens is 204 g/mol. The lowest BCUT2D eigenvalue weighted by Crippen LogP contribution is -2.09. The van der Waals surface area contributed by atoms with Gasteiger partial charge in [0.2, 0.25) is 0 Å². The molecule has 0 fully saturated rings. The topological polar surface area (TPSA) is 38.0 Å². The molecule has 0 radical (unpaired) electrons. The van der Waals surface area contributed by atoms with Crippen molar-refractivity contribution in [2.24, 2.45) is 0 Å². The molecule has 0 aliphatic rings. The van der Waals surface area contributed by atoms with E-state index in [4.69, 9.17) is 17.3 Å². The molecule has 0 saturated heterocycles. The normalized spacial score (nSPS) is 10.3. The highest BCUT2D eigenvalue weighted by Gasteiger charge is 2.00. The second-order valence-corrected chi connectivity index (χ2v) is 4.19. The lowest BCUT2D eigenvalue weighted by atomic mass is 10.3. The number of benzene rings is 1. The van der Waals surface area contributed by atoms with Gasteiger partial charge in [0.15, 0.2) is 0 Å². The molecule has 0 bridgehead atoms. The van der Waals surface area contributed by atoms with E-state index in [0.29, 0.717) is 5.69 Å². The van der Waals surface area contributed by atoms with Crippen LogP contribution in [0.4, 0.5) is 5.69 Å². The van der Waals surface area contributed by atoms with Gasteiger partial charge in [0.05, 0.1) is 5.02 Å². The predicted molar refractivity (Wildman–Crippen MR) is 60.5 cm³/mol. The molecule has 72 valence electrons. The Morgan fingerprint density at radius 3 is 2.92 bits per heavy atom. The number of anilines is 1. The zero-order valence-corrected chi connectivity index (χ0v) is 9.08. The summed E-state index contributed by atoms with van der Waals surface area (Å²) in [5.41, 5.74) is 6.29. The summed E-state index contributed by atoms with van der Waals surface area (Å²) in [6, 6.07) is 5.61. The lowest BCUT2D eigenvalue weighted by molar-refractivity contribution is 0.872. The molecule has 1 aromatic carbocycles. The Kier molecular flexibility index (Phi) is 4.42. The smallest absolute Gasteiger partial charge is 0.0562 e. The molecule has 2 nitrogen and oxygen atoms in total. The fourth-order valence-electron chi connectivity index (χ4n) is 0.897. The highest BCUT2D eigenvalue weighted by molar-refractivity contribution is 7.99. The number of nitrogens with one attached hydrogen (secondary N) is 1. The van der Waals surface area contributed by atoms with Crippen LogP contribution >= 0.6 is 23.4 Å². The van der Waals surface area contributed by atoms with Crippen molar-refractivity contribution >= 4 is 29.1 Å². The molecule has 1 rings (SSSR count). The summed E-state index contributed by atoms with van der Waals surface area (Å²) < 4.78 is 0. The van der Waals surface area contributed by atoms with Crippen LogP contribution < -0.4 is 11.1 Å². The second-order valence-electron chi connectivity index (χ2n) is 2.64. The molecule has 1 aromatic rings. The van der Waals surface area contributed by atoms with Crippen molar-refractivity contribution in [1.29, 1.82) is 0 Å². The van der Waals surface area contributed by atoms with E-state index >= 15 is 0 Å². The van der Waals surface area contributed by atoms with Gasteiger partial charge in [-0.25, -0.2) is 0 Å². The van der Waals surface area contributed by atoms with Gasteiger partial charge in [-0.15, -0.1) is 11.8 Å². The van der Waals surface area contributed by atoms with Crippen molar-refractivity contribution in [3.63, 3.8) is 0 Å². The molecule has 0 amide bonds. The molecule has 0 spiro atoms. The first-order valence-electron chi connectivity index (χ1n) is 4.06. The first-order valence-corrected chi connectivity index (χ1v) is 5.43. The van der Waals surface area contributed by atoms with Crippen LogP contribution in [0.5, 0.6) is 0 Å². The van der Waals surface area contributed by atoms with Crippen LogP contribution in [0, 0.1) is 0 Å². The Morgan fingerprint density at radius 1 is 1.54 bits per heavy atom. The van der Waals surface area contributed by atoms with Crippen molar-refractivity contribution in [3.8, 4) is 0 Å². The molecule has 0 heterocycles. The van der Waals surface area contributed by atoms with Gasteiger partial charge in [-0.05, 0) is 25.2 Å². The minimum Gasteiger partial charge on any atom is -0.399 e. The predicted octanol–water partition coefficient (Wildman–Crippen LogP) is 2.23. The number of thioether (sulfide) groups is 1. The van der Waals surface area contributed by atoms with Gasteiger partial charge in [0, 0.05) is 22.9 Å². The average molecular weight is 217 g/mol. The third-order valence-electron chi connectivity index (χ3n) is 1.57. The number of hydrogen-bond acceptors (Lipinski definition) is 3. The van der Waals surface area contributed by atoms with E-state index in [1.165, 1.54) is 0 Å². The molecule has 4 heteroatoms. The van der Waals surface area contributed by atoms with Gasteiger partial charge in [-0.1, -0.05) is 11.6 Å². The van der Waals surface area contributed by atoms with E-state index in [0.717, 1.165) is 22.2 Å². The summed E-state index contributed by atoms with van der Waals surface area (Å²) >= 11 is 7.72. The Morgan fingerprint density at radius 2 is 2.31 bits per heavy atom. The highest BCUT2D eigenvalue weighted by Crippen LogP contribution is 2.28. The summed E-state index contributed by atoms with van der Waals surface area (Å²) in [7, 11) is 1.94. The summed E-state index contributed by atoms with van der Waals surface area (Å²) in [5.74, 6) is 1.01. The van der Waals surface area contributed by atoms with Crippen molar-refractivity contribution in [2.75, 3.05) is 25.1 Å². The number of rotatable bonds is 4. The van der Waals surface area contributed by atoms with Crippen LogP contribution in [0.2, 0.25) is 5.02 Å². The zero-order valence-electron chi connectivity index (χ0n) is 7.51. The van der Waals surface area contributed by atoms with Crippen LogP contribution in [0.1, 0.15) is 0 Å². The van der Waals surface area contributed by atoms with E-state index in [2.05, 4.69) is 5.32 Å². The average Bonchev–Trinajstić information content (AvgIpc) is 2.09. The van der Waals surface area contributed by atoms with Gasteiger partial charge in [0.1, 0.15) is 0 Å². The summed E-state index contributed by atoms with van der Waals surface area (Å²) in [6.45, 7) is 0.978. The van der Waals surface area contributed by atoms with Gasteiger partial charge in [-0.2, -0.15) is 0 Å². The van der Waals surface area contributed by atoms with Crippen LogP contribution in [-0.4, -0.2) is 19.3 Å². The standard InChI is InChI=1S/C9H13ClN2S/c1-12-4-5-13-9-3-2-7(11)6-8(9)10/h2-3,6,12H,4-5,11H2,1H3.